The molecule has 3 heterocycles. The molecular weight excluding hydrogens is 500 g/mol. The Hall–Kier alpha value is -4.59. The molecule has 2 N–H and O–H groups in total. The highest BCUT2D eigenvalue weighted by atomic mass is 16.1. The predicted octanol–water partition coefficient (Wildman–Crippen LogP) is 5.53. The average Bonchev–Trinajstić information content (AvgIpc) is 3.53. The molecule has 3 aromatic carbocycles. The van der Waals surface area contributed by atoms with Gasteiger partial charge in [0.15, 0.2) is 0 Å². The summed E-state index contributed by atoms with van der Waals surface area (Å²) in [5.41, 5.74) is 8.14. The number of amides is 2. The fraction of sp³-hybridized carbons (Fsp3) is 0.281. The molecular formula is C32H34N6O2. The van der Waals surface area contributed by atoms with Crippen LogP contribution in [0.5, 0.6) is 0 Å². The van der Waals surface area contributed by atoms with Crippen LogP contribution >= 0.6 is 0 Å². The maximum Gasteiger partial charge on any atom is 0.245 e. The van der Waals surface area contributed by atoms with Crippen molar-refractivity contribution in [1.29, 1.82) is 0 Å². The molecule has 1 aliphatic rings. The van der Waals surface area contributed by atoms with Crippen LogP contribution in [0.15, 0.2) is 77.9 Å². The number of hydrogen-bond donors (Lipinski definition) is 2. The van der Waals surface area contributed by atoms with Gasteiger partial charge >= 0.3 is 0 Å². The first-order chi connectivity index (χ1) is 19.4. The van der Waals surface area contributed by atoms with Crippen LogP contribution in [0.1, 0.15) is 43.9 Å². The van der Waals surface area contributed by atoms with E-state index in [9.17, 15) is 9.59 Å². The van der Waals surface area contributed by atoms with Crippen LogP contribution in [0.3, 0.4) is 0 Å². The first kappa shape index (κ1) is 25.7. The van der Waals surface area contributed by atoms with Crippen molar-refractivity contribution in [2.24, 2.45) is 4.99 Å². The van der Waals surface area contributed by atoms with Gasteiger partial charge in [-0.3, -0.25) is 9.59 Å². The number of piperidine rings is 1. The Labute approximate surface area is 233 Å². The van der Waals surface area contributed by atoms with Crippen molar-refractivity contribution in [2.75, 3.05) is 23.3 Å². The molecule has 2 aromatic heterocycles. The van der Waals surface area contributed by atoms with E-state index in [0.717, 1.165) is 59.4 Å². The minimum Gasteiger partial charge on any atom is -0.370 e. The van der Waals surface area contributed by atoms with Crippen molar-refractivity contribution in [1.82, 2.24) is 14.1 Å². The number of aryl methyl sites for hydroxylation is 1. The smallest absolute Gasteiger partial charge is 0.245 e. The van der Waals surface area contributed by atoms with E-state index in [1.807, 2.05) is 24.4 Å². The van der Waals surface area contributed by atoms with E-state index in [0.29, 0.717) is 12.2 Å². The number of nitrogens with zero attached hydrogens (tertiary/aromatic N) is 4. The molecule has 1 fully saturated rings. The standard InChI is InChI=1S/C32H34N6O2/c1-21-11-12-28(34-22(2)39)31(19-21)36-17-14-25(15-18-36)38-30-10-5-4-9-29(30)37(32(38)35-23(3)40)20-24-7-6-8-27-26(24)13-16-33-27/h4-13,16,19,25,33H,14-15,17-18,20H2,1-3H3,(H,34,39). The normalized spacial score (nSPS) is 14.8. The van der Waals surface area contributed by atoms with Crippen molar-refractivity contribution in [3.8, 4) is 0 Å². The lowest BCUT2D eigenvalue weighted by Gasteiger charge is -2.35. The first-order valence-electron chi connectivity index (χ1n) is 13.8. The van der Waals surface area contributed by atoms with Crippen LogP contribution in [-0.4, -0.2) is 39.0 Å². The van der Waals surface area contributed by atoms with Gasteiger partial charge in [0.2, 0.25) is 17.4 Å². The maximum atomic E-state index is 12.5. The van der Waals surface area contributed by atoms with Crippen LogP contribution in [0.4, 0.5) is 11.4 Å². The number of fused-ring (bicyclic) bond motifs is 2. The summed E-state index contributed by atoms with van der Waals surface area (Å²) < 4.78 is 4.45. The van der Waals surface area contributed by atoms with Gasteiger partial charge < -0.3 is 24.3 Å². The molecule has 1 aliphatic heterocycles. The van der Waals surface area contributed by atoms with E-state index in [-0.39, 0.29) is 17.9 Å². The number of benzene rings is 3. The van der Waals surface area contributed by atoms with Crippen LogP contribution in [0.25, 0.3) is 21.9 Å². The van der Waals surface area contributed by atoms with Gasteiger partial charge in [0.05, 0.1) is 29.0 Å². The molecule has 5 aromatic rings. The van der Waals surface area contributed by atoms with Gasteiger partial charge in [0, 0.05) is 50.1 Å². The lowest BCUT2D eigenvalue weighted by Crippen LogP contribution is -2.39. The van der Waals surface area contributed by atoms with Crippen LogP contribution in [0, 0.1) is 6.92 Å². The maximum absolute atomic E-state index is 12.5. The third kappa shape index (κ3) is 4.81. The number of rotatable bonds is 5. The number of carbonyl (C=O) groups is 2. The molecule has 40 heavy (non-hydrogen) atoms. The number of imidazole rings is 1. The second-order valence-corrected chi connectivity index (χ2v) is 10.7. The fourth-order valence-electron chi connectivity index (χ4n) is 6.03. The molecule has 0 spiro atoms. The van der Waals surface area contributed by atoms with Crippen molar-refractivity contribution in [3.63, 3.8) is 0 Å². The molecule has 204 valence electrons. The summed E-state index contributed by atoms with van der Waals surface area (Å²) >= 11 is 0. The summed E-state index contributed by atoms with van der Waals surface area (Å²) in [5, 5.41) is 4.16. The second kappa shape index (κ2) is 10.5. The van der Waals surface area contributed by atoms with Crippen molar-refractivity contribution in [3.05, 3.63) is 89.7 Å². The number of para-hydroxylation sites is 2. The van der Waals surface area contributed by atoms with E-state index < -0.39 is 0 Å². The monoisotopic (exact) mass is 534 g/mol. The summed E-state index contributed by atoms with van der Waals surface area (Å²) in [7, 11) is 0. The van der Waals surface area contributed by atoms with Gasteiger partial charge in [-0.1, -0.05) is 30.3 Å². The molecule has 0 aliphatic carbocycles. The average molecular weight is 535 g/mol. The second-order valence-electron chi connectivity index (χ2n) is 10.7. The molecule has 1 saturated heterocycles. The van der Waals surface area contributed by atoms with Gasteiger partial charge in [-0.05, 0) is 67.3 Å². The van der Waals surface area contributed by atoms with E-state index in [2.05, 4.69) is 84.8 Å². The Balaban J connectivity index is 1.39. The van der Waals surface area contributed by atoms with Crippen LogP contribution in [-0.2, 0) is 16.1 Å². The number of hydrogen-bond acceptors (Lipinski definition) is 3. The summed E-state index contributed by atoms with van der Waals surface area (Å²) in [6.45, 7) is 7.39. The Morgan fingerprint density at radius 2 is 1.75 bits per heavy atom. The molecule has 8 nitrogen and oxygen atoms in total. The fourth-order valence-corrected chi connectivity index (χ4v) is 6.03. The topological polar surface area (TPSA) is 87.4 Å². The minimum absolute atomic E-state index is 0.0748. The molecule has 0 saturated carbocycles. The molecule has 0 unspecified atom stereocenters. The molecule has 2 amide bonds. The van der Waals surface area contributed by atoms with E-state index >= 15 is 0 Å². The Kier molecular flexibility index (Phi) is 6.76. The third-order valence-corrected chi connectivity index (χ3v) is 7.79. The number of aromatic nitrogens is 3. The SMILES string of the molecule is CC(=O)N=c1n(Cc2cccc3[nH]ccc23)c2ccccc2n1C1CCN(c2cc(C)ccc2NC(C)=O)CC1. The zero-order valence-electron chi connectivity index (χ0n) is 23.1. The Bertz CT molecular complexity index is 1800. The van der Waals surface area contributed by atoms with Crippen molar-refractivity contribution < 1.29 is 9.59 Å². The highest BCUT2D eigenvalue weighted by Gasteiger charge is 2.26. The van der Waals surface area contributed by atoms with Crippen LogP contribution < -0.4 is 15.8 Å². The quantitative estimate of drug-likeness (QED) is 0.311. The number of H-pyrrole nitrogens is 1. The van der Waals surface area contributed by atoms with Gasteiger partial charge in [0.25, 0.3) is 0 Å². The molecule has 0 atom stereocenters. The van der Waals surface area contributed by atoms with Gasteiger partial charge in [-0.25, -0.2) is 0 Å². The number of aromatic amines is 1. The Morgan fingerprint density at radius 3 is 2.50 bits per heavy atom. The van der Waals surface area contributed by atoms with Crippen LogP contribution in [0.2, 0.25) is 0 Å². The summed E-state index contributed by atoms with van der Waals surface area (Å²) in [5.74, 6) is -0.288. The summed E-state index contributed by atoms with van der Waals surface area (Å²) in [4.78, 5) is 34.5. The highest BCUT2D eigenvalue weighted by Crippen LogP contribution is 2.33. The van der Waals surface area contributed by atoms with Crippen molar-refractivity contribution >= 4 is 45.1 Å². The predicted molar refractivity (Wildman–Crippen MR) is 160 cm³/mol. The van der Waals surface area contributed by atoms with Crippen molar-refractivity contribution in [2.45, 2.75) is 46.2 Å². The number of nitrogens with one attached hydrogen (secondary N) is 2. The first-order valence-corrected chi connectivity index (χ1v) is 13.8. The molecule has 0 radical (unpaired) electrons. The summed E-state index contributed by atoms with van der Waals surface area (Å²) in [6.07, 6.45) is 3.74. The lowest BCUT2D eigenvalue weighted by molar-refractivity contribution is -0.116. The number of carbonyl (C=O) groups excluding carboxylic acids is 2. The molecule has 6 rings (SSSR count). The van der Waals surface area contributed by atoms with Gasteiger partial charge in [0.1, 0.15) is 0 Å². The largest absolute Gasteiger partial charge is 0.370 e. The van der Waals surface area contributed by atoms with E-state index in [1.54, 1.807) is 6.92 Å². The van der Waals surface area contributed by atoms with E-state index in [1.165, 1.54) is 17.9 Å². The zero-order valence-corrected chi connectivity index (χ0v) is 23.1. The Morgan fingerprint density at radius 1 is 0.975 bits per heavy atom. The molecule has 0 bridgehead atoms. The van der Waals surface area contributed by atoms with E-state index in [4.69, 9.17) is 0 Å². The van der Waals surface area contributed by atoms with Gasteiger partial charge in [-0.15, -0.1) is 0 Å². The summed E-state index contributed by atoms with van der Waals surface area (Å²) in [6, 6.07) is 23.0. The minimum atomic E-state index is -0.213. The zero-order chi connectivity index (χ0) is 27.8. The third-order valence-electron chi connectivity index (χ3n) is 7.79. The lowest BCUT2D eigenvalue weighted by atomic mass is 10.0. The number of anilines is 2. The highest BCUT2D eigenvalue weighted by molar-refractivity contribution is 5.93. The molecule has 8 heteroatoms. The van der Waals surface area contributed by atoms with Gasteiger partial charge in [-0.2, -0.15) is 4.99 Å².